The molecule has 0 atom stereocenters. The summed E-state index contributed by atoms with van der Waals surface area (Å²) >= 11 is 0. The van der Waals surface area contributed by atoms with Crippen LogP contribution in [-0.4, -0.2) is 35.8 Å². The van der Waals surface area contributed by atoms with E-state index in [9.17, 15) is 14.0 Å². The first-order valence-corrected chi connectivity index (χ1v) is 6.58. The maximum Gasteiger partial charge on any atom is 0.254 e. The summed E-state index contributed by atoms with van der Waals surface area (Å²) in [6.45, 7) is 2.56. The van der Waals surface area contributed by atoms with Crippen LogP contribution in [0, 0.1) is 5.82 Å². The van der Waals surface area contributed by atoms with E-state index in [0.29, 0.717) is 25.9 Å². The Balaban J connectivity index is 1.99. The van der Waals surface area contributed by atoms with Crippen molar-refractivity contribution < 1.29 is 14.0 Å². The number of halogens is 1. The van der Waals surface area contributed by atoms with Crippen LogP contribution in [0.5, 0.6) is 0 Å². The zero-order valence-corrected chi connectivity index (χ0v) is 11.4. The molecule has 0 radical (unpaired) electrons. The van der Waals surface area contributed by atoms with Gasteiger partial charge >= 0.3 is 0 Å². The first-order valence-electron chi connectivity index (χ1n) is 6.58. The van der Waals surface area contributed by atoms with Gasteiger partial charge in [0.25, 0.3) is 5.91 Å². The van der Waals surface area contributed by atoms with Crippen LogP contribution in [0.25, 0.3) is 0 Å². The van der Waals surface area contributed by atoms with Crippen molar-refractivity contribution in [2.24, 2.45) is 0 Å². The Morgan fingerprint density at radius 3 is 2.50 bits per heavy atom. The number of benzene rings is 1. The summed E-state index contributed by atoms with van der Waals surface area (Å²) in [6, 6.07) is 3.96. The van der Waals surface area contributed by atoms with Crippen molar-refractivity contribution in [1.29, 1.82) is 0 Å². The zero-order valence-electron chi connectivity index (χ0n) is 11.4. The SMILES string of the molecule is CC(=O)NC1CCN(C(=O)c2cc(N)cc(F)c2)CC1. The number of nitrogens with zero attached hydrogens (tertiary/aromatic N) is 1. The van der Waals surface area contributed by atoms with Crippen LogP contribution in [-0.2, 0) is 4.79 Å². The number of nitrogens with two attached hydrogens (primary N) is 1. The smallest absolute Gasteiger partial charge is 0.254 e. The van der Waals surface area contributed by atoms with Crippen molar-refractivity contribution in [3.8, 4) is 0 Å². The van der Waals surface area contributed by atoms with Crippen LogP contribution in [0.3, 0.4) is 0 Å². The van der Waals surface area contributed by atoms with Gasteiger partial charge in [0.1, 0.15) is 5.82 Å². The highest BCUT2D eigenvalue weighted by atomic mass is 19.1. The molecule has 1 aliphatic rings. The molecule has 2 rings (SSSR count). The van der Waals surface area contributed by atoms with E-state index in [4.69, 9.17) is 5.73 Å². The molecular weight excluding hydrogens is 261 g/mol. The lowest BCUT2D eigenvalue weighted by atomic mass is 10.0. The lowest BCUT2D eigenvalue weighted by Crippen LogP contribution is -2.46. The van der Waals surface area contributed by atoms with Gasteiger partial charge in [0.2, 0.25) is 5.91 Å². The van der Waals surface area contributed by atoms with Gasteiger partial charge in [-0.15, -0.1) is 0 Å². The molecule has 0 aliphatic carbocycles. The molecule has 0 saturated carbocycles. The summed E-state index contributed by atoms with van der Waals surface area (Å²) in [5.74, 6) is -0.799. The summed E-state index contributed by atoms with van der Waals surface area (Å²) in [5.41, 5.74) is 6.05. The second kappa shape index (κ2) is 5.90. The second-order valence-corrected chi connectivity index (χ2v) is 5.04. The summed E-state index contributed by atoms with van der Waals surface area (Å²) in [7, 11) is 0. The van der Waals surface area contributed by atoms with Crippen LogP contribution in [0.1, 0.15) is 30.1 Å². The highest BCUT2D eigenvalue weighted by Gasteiger charge is 2.24. The summed E-state index contributed by atoms with van der Waals surface area (Å²) in [4.78, 5) is 24.9. The van der Waals surface area contributed by atoms with Gasteiger partial charge in [0.15, 0.2) is 0 Å². The highest BCUT2D eigenvalue weighted by molar-refractivity contribution is 5.95. The molecule has 2 amide bonds. The van der Waals surface area contributed by atoms with E-state index in [1.165, 1.54) is 25.1 Å². The monoisotopic (exact) mass is 279 g/mol. The first kappa shape index (κ1) is 14.3. The average Bonchev–Trinajstić information content (AvgIpc) is 2.37. The van der Waals surface area contributed by atoms with Crippen LogP contribution in [0.2, 0.25) is 0 Å². The van der Waals surface area contributed by atoms with Crippen molar-refractivity contribution in [1.82, 2.24) is 10.2 Å². The molecule has 1 aromatic carbocycles. The van der Waals surface area contributed by atoms with Crippen LogP contribution in [0.4, 0.5) is 10.1 Å². The number of carbonyl (C=O) groups is 2. The van der Waals surface area contributed by atoms with Crippen LogP contribution < -0.4 is 11.1 Å². The number of hydrogen-bond donors (Lipinski definition) is 2. The van der Waals surface area contributed by atoms with Gasteiger partial charge < -0.3 is 16.0 Å². The number of hydrogen-bond acceptors (Lipinski definition) is 3. The third-order valence-corrected chi connectivity index (χ3v) is 3.36. The van der Waals surface area contributed by atoms with E-state index < -0.39 is 5.82 Å². The molecule has 0 aromatic heterocycles. The topological polar surface area (TPSA) is 75.4 Å². The third kappa shape index (κ3) is 3.46. The predicted molar refractivity (Wildman–Crippen MR) is 73.6 cm³/mol. The molecule has 1 aliphatic heterocycles. The van der Waals surface area contributed by atoms with Crippen molar-refractivity contribution in [3.63, 3.8) is 0 Å². The van der Waals surface area contributed by atoms with Crippen molar-refractivity contribution in [2.45, 2.75) is 25.8 Å². The fraction of sp³-hybridized carbons (Fsp3) is 0.429. The van der Waals surface area contributed by atoms with E-state index >= 15 is 0 Å². The quantitative estimate of drug-likeness (QED) is 0.797. The Labute approximate surface area is 116 Å². The number of nitrogen functional groups attached to an aromatic ring is 1. The molecule has 0 unspecified atom stereocenters. The minimum Gasteiger partial charge on any atom is -0.399 e. The minimum atomic E-state index is -0.513. The van der Waals surface area contributed by atoms with Crippen molar-refractivity contribution in [3.05, 3.63) is 29.6 Å². The second-order valence-electron chi connectivity index (χ2n) is 5.04. The van der Waals surface area contributed by atoms with E-state index in [-0.39, 0.29) is 29.1 Å². The zero-order chi connectivity index (χ0) is 14.7. The number of rotatable bonds is 2. The van der Waals surface area contributed by atoms with Gasteiger partial charge in [0, 0.05) is 37.3 Å². The average molecular weight is 279 g/mol. The van der Waals surface area contributed by atoms with Gasteiger partial charge in [-0.2, -0.15) is 0 Å². The molecule has 3 N–H and O–H groups in total. The lowest BCUT2D eigenvalue weighted by Gasteiger charge is -2.32. The summed E-state index contributed by atoms with van der Waals surface area (Å²) < 4.78 is 13.3. The van der Waals surface area contributed by atoms with Gasteiger partial charge in [-0.25, -0.2) is 4.39 Å². The summed E-state index contributed by atoms with van der Waals surface area (Å²) in [5, 5.41) is 2.84. The maximum absolute atomic E-state index is 13.3. The molecule has 1 saturated heterocycles. The van der Waals surface area contributed by atoms with Gasteiger partial charge in [-0.3, -0.25) is 9.59 Å². The molecule has 6 heteroatoms. The van der Waals surface area contributed by atoms with Crippen LogP contribution >= 0.6 is 0 Å². The van der Waals surface area contributed by atoms with E-state index in [1.54, 1.807) is 4.90 Å². The Morgan fingerprint density at radius 2 is 1.95 bits per heavy atom. The largest absolute Gasteiger partial charge is 0.399 e. The Bertz CT molecular complexity index is 505. The van der Waals surface area contributed by atoms with Crippen molar-refractivity contribution >= 4 is 17.5 Å². The molecule has 20 heavy (non-hydrogen) atoms. The van der Waals surface area contributed by atoms with Gasteiger partial charge in [-0.1, -0.05) is 0 Å². The van der Waals surface area contributed by atoms with E-state index in [1.807, 2.05) is 0 Å². The highest BCUT2D eigenvalue weighted by Crippen LogP contribution is 2.17. The standard InChI is InChI=1S/C14H18FN3O2/c1-9(19)17-13-2-4-18(5-3-13)14(20)10-6-11(15)8-12(16)7-10/h6-8,13H,2-5,16H2,1H3,(H,17,19). The number of piperidine rings is 1. The Morgan fingerprint density at radius 1 is 1.30 bits per heavy atom. The number of nitrogens with one attached hydrogen (secondary N) is 1. The molecule has 108 valence electrons. The van der Waals surface area contributed by atoms with Crippen molar-refractivity contribution in [2.75, 3.05) is 18.8 Å². The predicted octanol–water partition coefficient (Wildman–Crippen LogP) is 1.15. The van der Waals surface area contributed by atoms with Gasteiger partial charge in [-0.05, 0) is 31.0 Å². The fourth-order valence-electron chi connectivity index (χ4n) is 2.43. The van der Waals surface area contributed by atoms with E-state index in [0.717, 1.165) is 0 Å². The molecular formula is C14H18FN3O2. The summed E-state index contributed by atoms with van der Waals surface area (Å²) in [6.07, 6.45) is 1.41. The Hall–Kier alpha value is -2.11. The maximum atomic E-state index is 13.3. The molecule has 1 aromatic rings. The van der Waals surface area contributed by atoms with Crippen LogP contribution in [0.15, 0.2) is 18.2 Å². The molecule has 0 bridgehead atoms. The first-order chi connectivity index (χ1) is 9.45. The molecule has 1 fully saturated rings. The number of likely N-dealkylation sites (tertiary alicyclic amines) is 1. The minimum absolute atomic E-state index is 0.0623. The number of anilines is 1. The molecule has 1 heterocycles. The fourth-order valence-corrected chi connectivity index (χ4v) is 2.43. The normalized spacial score (nSPS) is 16.0. The number of carbonyl (C=O) groups excluding carboxylic acids is 2. The molecule has 5 nitrogen and oxygen atoms in total. The Kier molecular flexibility index (Phi) is 4.22. The molecule has 0 spiro atoms. The van der Waals surface area contributed by atoms with Gasteiger partial charge in [0.05, 0.1) is 0 Å². The third-order valence-electron chi connectivity index (χ3n) is 3.36. The van der Waals surface area contributed by atoms with E-state index in [2.05, 4.69) is 5.32 Å². The lowest BCUT2D eigenvalue weighted by molar-refractivity contribution is -0.119. The number of amides is 2.